The molecule has 0 aromatic heterocycles. The van der Waals surface area contributed by atoms with Crippen molar-refractivity contribution in [3.05, 3.63) is 35.4 Å². The number of carboxylic acid groups (broad SMARTS) is 1. The SMILES string of the molecule is CCCCNC(=O)c1ccc(C(=O)O)cc1. The molecule has 0 aliphatic carbocycles. The van der Waals surface area contributed by atoms with Crippen LogP contribution in [0.4, 0.5) is 0 Å². The van der Waals surface area contributed by atoms with Crippen molar-refractivity contribution in [3.63, 3.8) is 0 Å². The van der Waals surface area contributed by atoms with E-state index in [1.807, 2.05) is 6.92 Å². The summed E-state index contributed by atoms with van der Waals surface area (Å²) in [7, 11) is 0. The van der Waals surface area contributed by atoms with Gasteiger partial charge < -0.3 is 10.4 Å². The van der Waals surface area contributed by atoms with E-state index in [-0.39, 0.29) is 11.5 Å². The summed E-state index contributed by atoms with van der Waals surface area (Å²) in [5.41, 5.74) is 0.672. The normalized spacial score (nSPS) is 9.81. The molecule has 0 unspecified atom stereocenters. The lowest BCUT2D eigenvalue weighted by Gasteiger charge is -2.04. The van der Waals surface area contributed by atoms with Gasteiger partial charge >= 0.3 is 5.97 Å². The third-order valence-electron chi connectivity index (χ3n) is 2.21. The molecule has 86 valence electrons. The fourth-order valence-electron chi connectivity index (χ4n) is 1.24. The van der Waals surface area contributed by atoms with E-state index in [2.05, 4.69) is 5.32 Å². The van der Waals surface area contributed by atoms with Gasteiger partial charge in [0.2, 0.25) is 0 Å². The van der Waals surface area contributed by atoms with Gasteiger partial charge in [-0.15, -0.1) is 0 Å². The first-order valence-electron chi connectivity index (χ1n) is 5.26. The summed E-state index contributed by atoms with van der Waals surface area (Å²) in [4.78, 5) is 22.1. The van der Waals surface area contributed by atoms with Crippen molar-refractivity contribution in [2.24, 2.45) is 0 Å². The Kier molecular flexibility index (Phi) is 4.51. The topological polar surface area (TPSA) is 66.4 Å². The molecule has 1 aromatic carbocycles. The lowest BCUT2D eigenvalue weighted by Crippen LogP contribution is -2.24. The Morgan fingerprint density at radius 2 is 1.75 bits per heavy atom. The van der Waals surface area contributed by atoms with Gasteiger partial charge in [-0.1, -0.05) is 13.3 Å². The minimum absolute atomic E-state index is 0.162. The molecular weight excluding hydrogens is 206 g/mol. The van der Waals surface area contributed by atoms with Gasteiger partial charge in [0, 0.05) is 12.1 Å². The van der Waals surface area contributed by atoms with Gasteiger partial charge in [-0.25, -0.2) is 4.79 Å². The van der Waals surface area contributed by atoms with Crippen LogP contribution in [0.15, 0.2) is 24.3 Å². The minimum atomic E-state index is -0.988. The highest BCUT2D eigenvalue weighted by molar-refractivity contribution is 5.95. The van der Waals surface area contributed by atoms with E-state index < -0.39 is 5.97 Å². The standard InChI is InChI=1S/C12H15NO3/c1-2-3-8-13-11(14)9-4-6-10(7-5-9)12(15)16/h4-7H,2-3,8H2,1H3,(H,13,14)(H,15,16). The van der Waals surface area contributed by atoms with Crippen LogP contribution >= 0.6 is 0 Å². The molecule has 0 fully saturated rings. The van der Waals surface area contributed by atoms with Gasteiger partial charge in [-0.05, 0) is 30.7 Å². The fourth-order valence-corrected chi connectivity index (χ4v) is 1.24. The largest absolute Gasteiger partial charge is 0.478 e. The van der Waals surface area contributed by atoms with Gasteiger partial charge in [0.15, 0.2) is 0 Å². The van der Waals surface area contributed by atoms with Crippen LogP contribution in [0.1, 0.15) is 40.5 Å². The number of rotatable bonds is 5. The van der Waals surface area contributed by atoms with Gasteiger partial charge in [0.1, 0.15) is 0 Å². The van der Waals surface area contributed by atoms with Crippen molar-refractivity contribution in [3.8, 4) is 0 Å². The first-order chi connectivity index (χ1) is 7.65. The number of hydrogen-bond donors (Lipinski definition) is 2. The monoisotopic (exact) mass is 221 g/mol. The Balaban J connectivity index is 2.59. The van der Waals surface area contributed by atoms with Crippen LogP contribution in [0.2, 0.25) is 0 Å². The van der Waals surface area contributed by atoms with Crippen molar-refractivity contribution in [1.29, 1.82) is 0 Å². The average molecular weight is 221 g/mol. The van der Waals surface area contributed by atoms with Crippen LogP contribution in [0.25, 0.3) is 0 Å². The molecular formula is C12H15NO3. The summed E-state index contributed by atoms with van der Waals surface area (Å²) in [6.45, 7) is 2.70. The molecule has 4 nitrogen and oxygen atoms in total. The Hall–Kier alpha value is -1.84. The number of nitrogens with one attached hydrogen (secondary N) is 1. The predicted molar refractivity (Wildman–Crippen MR) is 60.6 cm³/mol. The maximum atomic E-state index is 11.5. The van der Waals surface area contributed by atoms with Crippen LogP contribution in [-0.2, 0) is 0 Å². The number of carbonyl (C=O) groups is 2. The minimum Gasteiger partial charge on any atom is -0.478 e. The van der Waals surface area contributed by atoms with Gasteiger partial charge in [0.05, 0.1) is 5.56 Å². The highest BCUT2D eigenvalue weighted by Crippen LogP contribution is 2.04. The summed E-state index contributed by atoms with van der Waals surface area (Å²) in [5.74, 6) is -1.15. The van der Waals surface area contributed by atoms with Gasteiger partial charge in [0.25, 0.3) is 5.91 Å². The lowest BCUT2D eigenvalue weighted by atomic mass is 10.1. The van der Waals surface area contributed by atoms with Crippen LogP contribution < -0.4 is 5.32 Å². The number of carboxylic acids is 1. The molecule has 4 heteroatoms. The van der Waals surface area contributed by atoms with Crippen LogP contribution in [0, 0.1) is 0 Å². The molecule has 0 heterocycles. The van der Waals surface area contributed by atoms with Crippen molar-refractivity contribution < 1.29 is 14.7 Å². The Morgan fingerprint density at radius 1 is 1.19 bits per heavy atom. The van der Waals surface area contributed by atoms with Crippen LogP contribution in [0.3, 0.4) is 0 Å². The predicted octanol–water partition coefficient (Wildman–Crippen LogP) is 1.91. The molecule has 0 aliphatic rings. The third kappa shape index (κ3) is 3.38. The van der Waals surface area contributed by atoms with E-state index in [4.69, 9.17) is 5.11 Å². The molecule has 0 spiro atoms. The van der Waals surface area contributed by atoms with Gasteiger partial charge in [-0.2, -0.15) is 0 Å². The van der Waals surface area contributed by atoms with E-state index in [9.17, 15) is 9.59 Å². The smallest absolute Gasteiger partial charge is 0.335 e. The molecule has 1 aromatic rings. The number of carbonyl (C=O) groups excluding carboxylic acids is 1. The maximum Gasteiger partial charge on any atom is 0.335 e. The summed E-state index contributed by atoms with van der Waals surface area (Å²) in [6.07, 6.45) is 1.97. The Bertz CT molecular complexity index is 370. The highest BCUT2D eigenvalue weighted by Gasteiger charge is 2.06. The quantitative estimate of drug-likeness (QED) is 0.746. The Morgan fingerprint density at radius 3 is 2.25 bits per heavy atom. The van der Waals surface area contributed by atoms with Gasteiger partial charge in [-0.3, -0.25) is 4.79 Å². The van der Waals surface area contributed by atoms with Crippen molar-refractivity contribution in [1.82, 2.24) is 5.32 Å². The number of aromatic carboxylic acids is 1. The highest BCUT2D eigenvalue weighted by atomic mass is 16.4. The lowest BCUT2D eigenvalue weighted by molar-refractivity contribution is 0.0696. The van der Waals surface area contributed by atoms with Crippen molar-refractivity contribution >= 4 is 11.9 Å². The zero-order valence-electron chi connectivity index (χ0n) is 9.19. The number of hydrogen-bond acceptors (Lipinski definition) is 2. The maximum absolute atomic E-state index is 11.5. The van der Waals surface area contributed by atoms with Crippen LogP contribution in [0.5, 0.6) is 0 Å². The second kappa shape index (κ2) is 5.90. The van der Waals surface area contributed by atoms with E-state index >= 15 is 0 Å². The summed E-state index contributed by atoms with van der Waals surface area (Å²) < 4.78 is 0. The van der Waals surface area contributed by atoms with E-state index in [0.29, 0.717) is 12.1 Å². The summed E-state index contributed by atoms with van der Waals surface area (Å²) in [6, 6.07) is 5.89. The molecule has 0 saturated carbocycles. The van der Waals surface area contributed by atoms with E-state index in [0.717, 1.165) is 12.8 Å². The zero-order chi connectivity index (χ0) is 12.0. The van der Waals surface area contributed by atoms with E-state index in [1.54, 1.807) is 0 Å². The molecule has 0 saturated heterocycles. The molecule has 0 atom stereocenters. The first kappa shape index (κ1) is 12.2. The number of benzene rings is 1. The molecule has 0 aliphatic heterocycles. The first-order valence-corrected chi connectivity index (χ1v) is 5.26. The van der Waals surface area contributed by atoms with Crippen molar-refractivity contribution in [2.45, 2.75) is 19.8 Å². The summed E-state index contributed by atoms with van der Waals surface area (Å²) in [5, 5.41) is 11.4. The Labute approximate surface area is 94.3 Å². The number of amides is 1. The molecule has 0 bridgehead atoms. The second-order valence-electron chi connectivity index (χ2n) is 3.49. The molecule has 0 radical (unpaired) electrons. The average Bonchev–Trinajstić information content (AvgIpc) is 2.29. The molecule has 16 heavy (non-hydrogen) atoms. The van der Waals surface area contributed by atoms with Crippen molar-refractivity contribution in [2.75, 3.05) is 6.54 Å². The second-order valence-corrected chi connectivity index (χ2v) is 3.49. The summed E-state index contributed by atoms with van der Waals surface area (Å²) >= 11 is 0. The zero-order valence-corrected chi connectivity index (χ0v) is 9.19. The molecule has 1 rings (SSSR count). The van der Waals surface area contributed by atoms with E-state index in [1.165, 1.54) is 24.3 Å². The molecule has 2 N–H and O–H groups in total. The molecule has 1 amide bonds. The third-order valence-corrected chi connectivity index (χ3v) is 2.21. The van der Waals surface area contributed by atoms with Crippen LogP contribution in [-0.4, -0.2) is 23.5 Å². The number of unbranched alkanes of at least 4 members (excludes halogenated alkanes) is 1. The fraction of sp³-hybridized carbons (Fsp3) is 0.333.